The van der Waals surface area contributed by atoms with Gasteiger partial charge in [0.2, 0.25) is 0 Å². The molecule has 0 amide bonds. The molecule has 2 N–H and O–H groups in total. The van der Waals surface area contributed by atoms with Crippen LogP contribution in [0.25, 0.3) is 22.3 Å². The number of H-pyrrole nitrogens is 2. The van der Waals surface area contributed by atoms with Crippen LogP contribution in [0, 0.1) is 11.7 Å². The van der Waals surface area contributed by atoms with Gasteiger partial charge in [0, 0.05) is 5.56 Å². The van der Waals surface area contributed by atoms with Gasteiger partial charge in [-0.1, -0.05) is 30.3 Å². The highest BCUT2D eigenvalue weighted by atomic mass is 32.1. The Bertz CT molecular complexity index is 865. The van der Waals surface area contributed by atoms with Crippen LogP contribution in [0.3, 0.4) is 0 Å². The summed E-state index contributed by atoms with van der Waals surface area (Å²) in [4.78, 5) is 21.8. The number of nitrogens with one attached hydrogen (secondary N) is 2. The number of fused-ring (bicyclic) bond motifs is 1. The monoisotopic (exact) mass is 269 g/mol. The molecule has 0 saturated carbocycles. The van der Waals surface area contributed by atoms with Crippen molar-refractivity contribution in [2.24, 2.45) is 0 Å². The van der Waals surface area contributed by atoms with Crippen LogP contribution >= 0.6 is 12.2 Å². The summed E-state index contributed by atoms with van der Waals surface area (Å²) in [6, 6.07) is 11.7. The van der Waals surface area contributed by atoms with Crippen molar-refractivity contribution >= 4 is 23.3 Å². The molecule has 0 aliphatic rings. The maximum Gasteiger partial charge on any atom is 0.261 e. The fraction of sp³-hybridized carbons (Fsp3) is 0.0714. The van der Waals surface area contributed by atoms with Crippen LogP contribution in [-0.2, 0) is 0 Å². The molecule has 0 fully saturated rings. The van der Waals surface area contributed by atoms with Gasteiger partial charge in [0.05, 0.1) is 11.1 Å². The predicted octanol–water partition coefficient (Wildman–Crippen LogP) is 2.96. The summed E-state index contributed by atoms with van der Waals surface area (Å²) < 4.78 is 0.285. The van der Waals surface area contributed by atoms with E-state index in [0.717, 1.165) is 16.8 Å². The molecular formula is C14H11N3OS. The summed E-state index contributed by atoms with van der Waals surface area (Å²) in [5.74, 6) is 0. The molecule has 0 aliphatic heterocycles. The fourth-order valence-corrected chi connectivity index (χ4v) is 2.27. The summed E-state index contributed by atoms with van der Waals surface area (Å²) in [5, 5.41) is 0.519. The highest BCUT2D eigenvalue weighted by molar-refractivity contribution is 7.71. The first-order chi connectivity index (χ1) is 9.15. The molecule has 1 aromatic carbocycles. The molecule has 0 atom stereocenters. The molecule has 2 aromatic heterocycles. The first kappa shape index (κ1) is 11.8. The van der Waals surface area contributed by atoms with E-state index >= 15 is 0 Å². The first-order valence-electron chi connectivity index (χ1n) is 5.84. The fourth-order valence-electron chi connectivity index (χ4n) is 2.08. The molecule has 19 heavy (non-hydrogen) atoms. The topological polar surface area (TPSA) is 61.5 Å². The molecule has 0 radical (unpaired) electrons. The smallest absolute Gasteiger partial charge is 0.261 e. The molecule has 0 unspecified atom stereocenters. The third-order valence-corrected chi connectivity index (χ3v) is 3.17. The summed E-state index contributed by atoms with van der Waals surface area (Å²) in [6.07, 6.45) is 0. The Morgan fingerprint density at radius 1 is 1.16 bits per heavy atom. The van der Waals surface area contributed by atoms with Gasteiger partial charge >= 0.3 is 0 Å². The van der Waals surface area contributed by atoms with Crippen molar-refractivity contribution in [3.05, 3.63) is 57.1 Å². The molecule has 0 saturated heterocycles. The van der Waals surface area contributed by atoms with E-state index in [9.17, 15) is 4.79 Å². The second-order valence-electron chi connectivity index (χ2n) is 4.32. The van der Waals surface area contributed by atoms with Crippen molar-refractivity contribution in [3.8, 4) is 11.3 Å². The van der Waals surface area contributed by atoms with Crippen molar-refractivity contribution in [1.82, 2.24) is 15.0 Å². The molecule has 94 valence electrons. The van der Waals surface area contributed by atoms with E-state index in [-0.39, 0.29) is 10.3 Å². The van der Waals surface area contributed by atoms with E-state index in [1.807, 2.05) is 43.3 Å². The number of pyridine rings is 1. The lowest BCUT2D eigenvalue weighted by atomic mass is 10.1. The van der Waals surface area contributed by atoms with Crippen LogP contribution in [0.2, 0.25) is 0 Å². The van der Waals surface area contributed by atoms with Gasteiger partial charge in [-0.15, -0.1) is 0 Å². The van der Waals surface area contributed by atoms with Crippen LogP contribution in [0.4, 0.5) is 0 Å². The zero-order chi connectivity index (χ0) is 13.4. The number of nitrogens with zero attached hydrogens (tertiary/aromatic N) is 1. The molecule has 2 heterocycles. The largest absolute Gasteiger partial charge is 0.316 e. The number of aromatic amines is 2. The van der Waals surface area contributed by atoms with E-state index in [4.69, 9.17) is 12.2 Å². The van der Waals surface area contributed by atoms with Gasteiger partial charge in [-0.05, 0) is 30.8 Å². The molecule has 3 aromatic rings. The zero-order valence-corrected chi connectivity index (χ0v) is 11.0. The van der Waals surface area contributed by atoms with Gasteiger partial charge in [-0.2, -0.15) is 0 Å². The van der Waals surface area contributed by atoms with Crippen LogP contribution in [0.15, 0.2) is 41.2 Å². The zero-order valence-electron chi connectivity index (χ0n) is 10.2. The Balaban J connectivity index is 2.37. The van der Waals surface area contributed by atoms with Crippen LogP contribution in [-0.4, -0.2) is 15.0 Å². The van der Waals surface area contributed by atoms with Crippen molar-refractivity contribution in [3.63, 3.8) is 0 Å². The molecule has 0 aliphatic carbocycles. The molecule has 0 bridgehead atoms. The SMILES string of the molecule is Cc1cc2c(=O)[nH]c(=S)[nH]c2nc1-c1ccccc1. The lowest BCUT2D eigenvalue weighted by Crippen LogP contribution is -2.09. The molecule has 5 heteroatoms. The van der Waals surface area contributed by atoms with E-state index in [1.54, 1.807) is 0 Å². The van der Waals surface area contributed by atoms with E-state index in [1.165, 1.54) is 0 Å². The molecule has 3 rings (SSSR count). The number of hydrogen-bond donors (Lipinski definition) is 2. The molecule has 0 spiro atoms. The highest BCUT2D eigenvalue weighted by Gasteiger charge is 2.08. The Labute approximate surface area is 114 Å². The van der Waals surface area contributed by atoms with Crippen molar-refractivity contribution in [1.29, 1.82) is 0 Å². The Morgan fingerprint density at radius 2 is 1.89 bits per heavy atom. The van der Waals surface area contributed by atoms with Gasteiger partial charge in [-0.3, -0.25) is 9.78 Å². The number of hydrogen-bond acceptors (Lipinski definition) is 3. The normalized spacial score (nSPS) is 10.8. The lowest BCUT2D eigenvalue weighted by molar-refractivity contribution is 1.11. The predicted molar refractivity (Wildman–Crippen MR) is 77.7 cm³/mol. The van der Waals surface area contributed by atoms with E-state index in [2.05, 4.69) is 15.0 Å². The van der Waals surface area contributed by atoms with Gasteiger partial charge in [0.15, 0.2) is 4.77 Å². The Hall–Kier alpha value is -2.27. The Morgan fingerprint density at radius 3 is 2.63 bits per heavy atom. The maximum absolute atomic E-state index is 11.8. The Kier molecular flexibility index (Phi) is 2.76. The standard InChI is InChI=1S/C14H11N3OS/c1-8-7-10-12(16-14(19)17-13(10)18)15-11(8)9-5-3-2-4-6-9/h2-7H,1H3,(H2,15,16,17,18,19). The van der Waals surface area contributed by atoms with Crippen molar-refractivity contribution < 1.29 is 0 Å². The minimum atomic E-state index is -0.214. The number of rotatable bonds is 1. The quantitative estimate of drug-likeness (QED) is 0.668. The van der Waals surface area contributed by atoms with Gasteiger partial charge in [0.25, 0.3) is 5.56 Å². The maximum atomic E-state index is 11.8. The number of aromatic nitrogens is 3. The van der Waals surface area contributed by atoms with Crippen LogP contribution in [0.5, 0.6) is 0 Å². The van der Waals surface area contributed by atoms with E-state index in [0.29, 0.717) is 11.0 Å². The third kappa shape index (κ3) is 2.08. The molecule has 4 nitrogen and oxygen atoms in total. The third-order valence-electron chi connectivity index (χ3n) is 2.96. The second kappa shape index (κ2) is 4.44. The minimum Gasteiger partial charge on any atom is -0.316 e. The lowest BCUT2D eigenvalue weighted by Gasteiger charge is -2.06. The van der Waals surface area contributed by atoms with Crippen molar-refractivity contribution in [2.45, 2.75) is 6.92 Å². The summed E-state index contributed by atoms with van der Waals surface area (Å²) >= 11 is 4.97. The van der Waals surface area contributed by atoms with Gasteiger partial charge in [-0.25, -0.2) is 4.98 Å². The van der Waals surface area contributed by atoms with Crippen LogP contribution < -0.4 is 5.56 Å². The summed E-state index contributed by atoms with van der Waals surface area (Å²) in [5.41, 5.74) is 3.12. The van der Waals surface area contributed by atoms with Gasteiger partial charge in [0.1, 0.15) is 5.65 Å². The second-order valence-corrected chi connectivity index (χ2v) is 4.73. The minimum absolute atomic E-state index is 0.214. The van der Waals surface area contributed by atoms with Crippen LogP contribution in [0.1, 0.15) is 5.56 Å². The number of aryl methyl sites for hydroxylation is 1. The average Bonchev–Trinajstić information content (AvgIpc) is 2.40. The summed E-state index contributed by atoms with van der Waals surface area (Å²) in [7, 11) is 0. The van der Waals surface area contributed by atoms with Gasteiger partial charge < -0.3 is 4.98 Å². The number of benzene rings is 1. The summed E-state index contributed by atoms with van der Waals surface area (Å²) in [6.45, 7) is 1.94. The first-order valence-corrected chi connectivity index (χ1v) is 6.25. The van der Waals surface area contributed by atoms with Crippen molar-refractivity contribution in [2.75, 3.05) is 0 Å². The average molecular weight is 269 g/mol. The highest BCUT2D eigenvalue weighted by Crippen LogP contribution is 2.22. The van der Waals surface area contributed by atoms with E-state index < -0.39 is 0 Å². The molecular weight excluding hydrogens is 258 g/mol.